The van der Waals surface area contributed by atoms with E-state index in [0.29, 0.717) is 37.6 Å². The predicted octanol–water partition coefficient (Wildman–Crippen LogP) is 4.72. The highest BCUT2D eigenvalue weighted by atomic mass is 35.5. The number of halogens is 3. The van der Waals surface area contributed by atoms with Crippen LogP contribution < -0.4 is 10.6 Å². The summed E-state index contributed by atoms with van der Waals surface area (Å²) in [4.78, 5) is 37.0. The number of hydrogen-bond acceptors (Lipinski definition) is 8. The van der Waals surface area contributed by atoms with Gasteiger partial charge in [-0.25, -0.2) is 28.1 Å². The number of hydrogen-bond donors (Lipinski definition) is 2. The Morgan fingerprint density at radius 3 is 2.61 bits per heavy atom. The predicted molar refractivity (Wildman–Crippen MR) is 143 cm³/mol. The van der Waals surface area contributed by atoms with Crippen molar-refractivity contribution in [2.75, 3.05) is 25.0 Å². The lowest BCUT2D eigenvalue weighted by Crippen LogP contribution is -2.47. The van der Waals surface area contributed by atoms with Crippen molar-refractivity contribution >= 4 is 46.4 Å². The summed E-state index contributed by atoms with van der Waals surface area (Å²) in [5.41, 5.74) is 0.952. The zero-order valence-corrected chi connectivity index (χ0v) is 23.2. The molecule has 4 heterocycles. The summed E-state index contributed by atoms with van der Waals surface area (Å²) in [5, 5.41) is 12.3. The number of thiazole rings is 1. The number of amides is 2. The van der Waals surface area contributed by atoms with Gasteiger partial charge < -0.3 is 20.3 Å². The molecule has 10 nitrogen and oxygen atoms in total. The van der Waals surface area contributed by atoms with Gasteiger partial charge >= 0.3 is 6.09 Å². The van der Waals surface area contributed by atoms with Gasteiger partial charge in [-0.3, -0.25) is 4.79 Å². The van der Waals surface area contributed by atoms with Crippen molar-refractivity contribution < 1.29 is 23.1 Å². The number of likely N-dealkylation sites (tertiary alicyclic amines) is 1. The second-order valence-electron chi connectivity index (χ2n) is 10.1. The van der Waals surface area contributed by atoms with E-state index in [1.807, 2.05) is 11.6 Å². The van der Waals surface area contributed by atoms with Crippen LogP contribution in [0.25, 0.3) is 16.2 Å². The Balaban J connectivity index is 0.00000400. The van der Waals surface area contributed by atoms with Crippen LogP contribution >= 0.6 is 23.7 Å². The minimum atomic E-state index is -2.72. The monoisotopic (exact) mass is 571 g/mol. The van der Waals surface area contributed by atoms with Crippen LogP contribution in [-0.2, 0) is 4.74 Å². The first-order chi connectivity index (χ1) is 17.5. The molecule has 1 saturated heterocycles. The third-order valence-electron chi connectivity index (χ3n) is 6.43. The zero-order valence-electron chi connectivity index (χ0n) is 21.6. The number of nitrogens with zero attached hydrogens (tertiary/aromatic N) is 5. The van der Waals surface area contributed by atoms with E-state index in [1.54, 1.807) is 21.7 Å². The zero-order chi connectivity index (χ0) is 26.7. The Hall–Kier alpha value is -3.06. The van der Waals surface area contributed by atoms with Crippen LogP contribution in [0.2, 0.25) is 0 Å². The van der Waals surface area contributed by atoms with E-state index >= 15 is 0 Å². The summed E-state index contributed by atoms with van der Waals surface area (Å²) in [6.07, 6.45) is 0.887. The van der Waals surface area contributed by atoms with E-state index in [2.05, 4.69) is 53.1 Å². The maximum atomic E-state index is 13.5. The van der Waals surface area contributed by atoms with Gasteiger partial charge in [0, 0.05) is 42.8 Å². The van der Waals surface area contributed by atoms with Crippen LogP contribution in [0.3, 0.4) is 0 Å². The second-order valence-corrected chi connectivity index (χ2v) is 11.0. The van der Waals surface area contributed by atoms with Crippen molar-refractivity contribution in [3.05, 3.63) is 29.5 Å². The number of anilines is 1. The van der Waals surface area contributed by atoms with Gasteiger partial charge in [-0.15, -0.1) is 23.7 Å². The summed E-state index contributed by atoms with van der Waals surface area (Å²) >= 11 is 1.51. The lowest BCUT2D eigenvalue weighted by molar-refractivity contribution is 0.0456. The number of alkyl carbamates (subject to hydrolysis) is 1. The number of fused-ring (bicyclic) bond motifs is 1. The molecule has 208 valence electrons. The Morgan fingerprint density at radius 1 is 1.24 bits per heavy atom. The topological polar surface area (TPSA) is 114 Å². The van der Waals surface area contributed by atoms with E-state index in [9.17, 15) is 18.4 Å². The van der Waals surface area contributed by atoms with E-state index in [-0.39, 0.29) is 41.5 Å². The van der Waals surface area contributed by atoms with Gasteiger partial charge in [-0.05, 0) is 25.2 Å². The summed E-state index contributed by atoms with van der Waals surface area (Å²) in [5.74, 6) is 0.707. The molecule has 14 heteroatoms. The number of rotatable bonds is 7. The first kappa shape index (κ1) is 29.5. The van der Waals surface area contributed by atoms with Crippen LogP contribution in [0.5, 0.6) is 0 Å². The van der Waals surface area contributed by atoms with Crippen molar-refractivity contribution in [2.24, 2.45) is 5.41 Å². The first-order valence-corrected chi connectivity index (χ1v) is 13.0. The molecule has 1 aliphatic heterocycles. The maximum Gasteiger partial charge on any atom is 0.407 e. The van der Waals surface area contributed by atoms with Crippen LogP contribution in [-0.4, -0.2) is 74.7 Å². The largest absolute Gasteiger partial charge is 0.443 e. The van der Waals surface area contributed by atoms with Crippen molar-refractivity contribution in [2.45, 2.75) is 59.0 Å². The normalized spacial score (nSPS) is 15.3. The fourth-order valence-corrected chi connectivity index (χ4v) is 4.60. The smallest absolute Gasteiger partial charge is 0.407 e. The number of piperidine rings is 1. The molecule has 0 aromatic carbocycles. The number of carbonyl (C=O) groups is 2. The fourth-order valence-electron chi connectivity index (χ4n) is 3.81. The third-order valence-corrected chi connectivity index (χ3v) is 7.31. The SMILES string of the molecule is C[C@@H](Nc1cc(C(=O)N2CCC(NC(=O)OCC(F)F)CC2)nc(-c2cnn3ccsc23)n1)C(C)(C)C.Cl. The van der Waals surface area contributed by atoms with Gasteiger partial charge in [0.15, 0.2) is 12.4 Å². The molecule has 2 amide bonds. The van der Waals surface area contributed by atoms with Crippen molar-refractivity contribution in [3.8, 4) is 11.4 Å². The summed E-state index contributed by atoms with van der Waals surface area (Å²) in [6.45, 7) is 8.22. The second kappa shape index (κ2) is 12.2. The van der Waals surface area contributed by atoms with Gasteiger partial charge in [-0.1, -0.05) is 20.8 Å². The van der Waals surface area contributed by atoms with Gasteiger partial charge in [0.2, 0.25) is 0 Å². The molecule has 0 saturated carbocycles. The molecule has 1 atom stereocenters. The summed E-state index contributed by atoms with van der Waals surface area (Å²) < 4.78 is 30.7. The Morgan fingerprint density at radius 2 is 1.95 bits per heavy atom. The van der Waals surface area contributed by atoms with Crippen molar-refractivity contribution in [1.29, 1.82) is 0 Å². The maximum absolute atomic E-state index is 13.5. The van der Waals surface area contributed by atoms with Crippen molar-refractivity contribution in [1.82, 2.24) is 29.8 Å². The summed E-state index contributed by atoms with van der Waals surface area (Å²) in [7, 11) is 0. The Bertz CT molecular complexity index is 1260. The first-order valence-electron chi connectivity index (χ1n) is 12.1. The highest BCUT2D eigenvalue weighted by Gasteiger charge is 2.28. The summed E-state index contributed by atoms with van der Waals surface area (Å²) in [6, 6.07) is 1.47. The van der Waals surface area contributed by atoms with Gasteiger partial charge in [-0.2, -0.15) is 5.10 Å². The van der Waals surface area contributed by atoms with E-state index in [4.69, 9.17) is 4.98 Å². The fraction of sp³-hybridized carbons (Fsp3) is 0.542. The average Bonchev–Trinajstić information content (AvgIpc) is 3.46. The van der Waals surface area contributed by atoms with Crippen LogP contribution in [0, 0.1) is 5.41 Å². The molecule has 0 unspecified atom stereocenters. The van der Waals surface area contributed by atoms with Gasteiger partial charge in [0.25, 0.3) is 12.3 Å². The van der Waals surface area contributed by atoms with Crippen LogP contribution in [0.1, 0.15) is 51.0 Å². The number of aromatic nitrogens is 4. The minimum Gasteiger partial charge on any atom is -0.443 e. The quantitative estimate of drug-likeness (QED) is 0.422. The standard InChI is InChI=1S/C24H31F2N7O3S.ClH/c1-14(24(2,3)4)28-19-11-17(30-20(31-19)16-12-27-33-9-10-37-22(16)33)21(34)32-7-5-15(6-8-32)29-23(35)36-13-18(25)26;/h9-12,14-15,18H,5-8,13H2,1-4H3,(H,29,35)(H,28,30,31);1H/t14-;/m1./s1. The Labute approximate surface area is 229 Å². The molecule has 0 spiro atoms. The molecular weight excluding hydrogens is 540 g/mol. The third kappa shape index (κ3) is 7.07. The molecule has 1 aliphatic rings. The molecule has 3 aromatic rings. The number of carbonyl (C=O) groups excluding carboxylic acids is 2. The lowest BCUT2D eigenvalue weighted by atomic mass is 9.88. The Kier molecular flexibility index (Phi) is 9.47. The molecule has 1 fully saturated rings. The highest BCUT2D eigenvalue weighted by Crippen LogP contribution is 2.28. The molecule has 38 heavy (non-hydrogen) atoms. The van der Waals surface area contributed by atoms with Crippen LogP contribution in [0.15, 0.2) is 23.8 Å². The van der Waals surface area contributed by atoms with Gasteiger partial charge in [0.1, 0.15) is 16.3 Å². The number of nitrogens with one attached hydrogen (secondary N) is 2. The molecule has 0 radical (unpaired) electrons. The average molecular weight is 572 g/mol. The minimum absolute atomic E-state index is 0. The van der Waals surface area contributed by atoms with Crippen molar-refractivity contribution in [3.63, 3.8) is 0 Å². The molecule has 2 N–H and O–H groups in total. The molecule has 4 rings (SSSR count). The highest BCUT2D eigenvalue weighted by molar-refractivity contribution is 7.16. The van der Waals surface area contributed by atoms with E-state index < -0.39 is 19.1 Å². The van der Waals surface area contributed by atoms with E-state index in [1.165, 1.54) is 11.3 Å². The molecule has 0 bridgehead atoms. The van der Waals surface area contributed by atoms with Crippen LogP contribution in [0.4, 0.5) is 19.4 Å². The van der Waals surface area contributed by atoms with Gasteiger partial charge in [0.05, 0.1) is 11.8 Å². The molecule has 3 aromatic heterocycles. The number of alkyl halides is 2. The number of ether oxygens (including phenoxy) is 1. The molecule has 0 aliphatic carbocycles. The molecular formula is C24H32ClF2N7O3S. The van der Waals surface area contributed by atoms with E-state index in [0.717, 1.165) is 10.4 Å². The lowest BCUT2D eigenvalue weighted by Gasteiger charge is -2.32.